The highest BCUT2D eigenvalue weighted by Crippen LogP contribution is 2.50. The number of ketones is 1. The molecule has 1 aromatic heterocycles. The maximum absolute atomic E-state index is 11.9. The quantitative estimate of drug-likeness (QED) is 0.794. The Morgan fingerprint density at radius 2 is 1.89 bits per heavy atom. The molecule has 0 saturated heterocycles. The van der Waals surface area contributed by atoms with Gasteiger partial charge in [0.15, 0.2) is 5.78 Å². The van der Waals surface area contributed by atoms with Gasteiger partial charge in [0.05, 0.1) is 0 Å². The van der Waals surface area contributed by atoms with E-state index >= 15 is 0 Å². The van der Waals surface area contributed by atoms with E-state index in [4.69, 9.17) is 0 Å². The Kier molecular flexibility index (Phi) is 2.39. The summed E-state index contributed by atoms with van der Waals surface area (Å²) in [5, 5.41) is 0. The van der Waals surface area contributed by atoms with Gasteiger partial charge in [-0.15, -0.1) is 0 Å². The monoisotopic (exact) mass is 243 g/mol. The van der Waals surface area contributed by atoms with Crippen LogP contribution in [0, 0.1) is 17.8 Å². The molecule has 0 unspecified atom stereocenters. The standard InChI is InChI=1S/C16H21NO/c18-16-3-1-2-15-13(16)8-9-17(15)10-14(11-4-5-11)12-6-7-12/h8-9,11-12,14H,1-7,10H2. The second-order valence-electron chi connectivity index (χ2n) is 6.44. The number of carbonyl (C=O) groups is 1. The molecular formula is C16H21NO. The van der Waals surface area contributed by atoms with E-state index in [1.54, 1.807) is 0 Å². The number of aromatic nitrogens is 1. The van der Waals surface area contributed by atoms with E-state index in [9.17, 15) is 4.79 Å². The summed E-state index contributed by atoms with van der Waals surface area (Å²) < 4.78 is 2.41. The summed E-state index contributed by atoms with van der Waals surface area (Å²) in [7, 11) is 0. The number of hydrogen-bond donors (Lipinski definition) is 0. The van der Waals surface area contributed by atoms with Crippen LogP contribution >= 0.6 is 0 Å². The van der Waals surface area contributed by atoms with E-state index in [-0.39, 0.29) is 0 Å². The third kappa shape index (κ3) is 1.82. The van der Waals surface area contributed by atoms with E-state index in [1.165, 1.54) is 37.9 Å². The fourth-order valence-electron chi connectivity index (χ4n) is 3.72. The predicted molar refractivity (Wildman–Crippen MR) is 70.6 cm³/mol. The second-order valence-corrected chi connectivity index (χ2v) is 6.44. The Morgan fingerprint density at radius 1 is 1.17 bits per heavy atom. The van der Waals surface area contributed by atoms with Crippen LogP contribution in [0.25, 0.3) is 0 Å². The van der Waals surface area contributed by atoms with Crippen molar-refractivity contribution in [1.29, 1.82) is 0 Å². The second kappa shape index (κ2) is 3.97. The summed E-state index contributed by atoms with van der Waals surface area (Å²) in [4.78, 5) is 11.9. The lowest BCUT2D eigenvalue weighted by atomic mass is 9.95. The van der Waals surface area contributed by atoms with Crippen LogP contribution in [0.3, 0.4) is 0 Å². The fourth-order valence-corrected chi connectivity index (χ4v) is 3.72. The van der Waals surface area contributed by atoms with Crippen molar-refractivity contribution >= 4 is 5.78 Å². The van der Waals surface area contributed by atoms with Crippen molar-refractivity contribution in [1.82, 2.24) is 4.57 Å². The number of hydrogen-bond acceptors (Lipinski definition) is 1. The van der Waals surface area contributed by atoms with Gasteiger partial charge >= 0.3 is 0 Å². The molecule has 18 heavy (non-hydrogen) atoms. The normalized spacial score (nSPS) is 23.5. The van der Waals surface area contributed by atoms with E-state index in [0.717, 1.165) is 42.6 Å². The van der Waals surface area contributed by atoms with Crippen LogP contribution in [-0.4, -0.2) is 10.4 Å². The molecule has 2 saturated carbocycles. The zero-order chi connectivity index (χ0) is 12.1. The van der Waals surface area contributed by atoms with Crippen LogP contribution < -0.4 is 0 Å². The molecule has 3 aliphatic rings. The third-order valence-corrected chi connectivity index (χ3v) is 5.06. The van der Waals surface area contributed by atoms with Gasteiger partial charge in [0.25, 0.3) is 0 Å². The van der Waals surface area contributed by atoms with Crippen molar-refractivity contribution in [3.63, 3.8) is 0 Å². The lowest BCUT2D eigenvalue weighted by Crippen LogP contribution is -2.19. The Labute approximate surface area is 108 Å². The molecule has 2 nitrogen and oxygen atoms in total. The molecule has 0 atom stereocenters. The van der Waals surface area contributed by atoms with Crippen LogP contribution in [0.2, 0.25) is 0 Å². The molecule has 0 radical (unpaired) electrons. The van der Waals surface area contributed by atoms with E-state index in [2.05, 4.69) is 16.8 Å². The zero-order valence-corrected chi connectivity index (χ0v) is 10.9. The minimum Gasteiger partial charge on any atom is -0.350 e. The first-order chi connectivity index (χ1) is 8.83. The first-order valence-corrected chi connectivity index (χ1v) is 7.54. The highest BCUT2D eigenvalue weighted by molar-refractivity contribution is 5.98. The van der Waals surface area contributed by atoms with Gasteiger partial charge in [-0.05, 0) is 62.3 Å². The van der Waals surface area contributed by atoms with Gasteiger partial charge < -0.3 is 4.57 Å². The minimum absolute atomic E-state index is 0.365. The van der Waals surface area contributed by atoms with Gasteiger partial charge in [0.1, 0.15) is 0 Å². The average Bonchev–Trinajstić information content (AvgIpc) is 3.26. The summed E-state index contributed by atoms with van der Waals surface area (Å²) in [5.41, 5.74) is 2.35. The van der Waals surface area contributed by atoms with Gasteiger partial charge in [-0.3, -0.25) is 4.79 Å². The zero-order valence-electron chi connectivity index (χ0n) is 10.9. The SMILES string of the molecule is O=C1CCCc2c1ccn2CC(C1CC1)C1CC1. The van der Waals surface area contributed by atoms with E-state index in [0.29, 0.717) is 5.78 Å². The molecule has 2 fully saturated rings. The van der Waals surface area contributed by atoms with Crippen molar-refractivity contribution in [3.8, 4) is 0 Å². The Hall–Kier alpha value is -1.05. The third-order valence-electron chi connectivity index (χ3n) is 5.06. The van der Waals surface area contributed by atoms with Crippen molar-refractivity contribution in [2.24, 2.45) is 17.8 Å². The van der Waals surface area contributed by atoms with E-state index < -0.39 is 0 Å². The maximum atomic E-state index is 11.9. The minimum atomic E-state index is 0.365. The highest BCUT2D eigenvalue weighted by Gasteiger charge is 2.41. The van der Waals surface area contributed by atoms with Crippen LogP contribution in [0.15, 0.2) is 12.3 Å². The number of rotatable bonds is 4. The van der Waals surface area contributed by atoms with Crippen LogP contribution in [-0.2, 0) is 13.0 Å². The van der Waals surface area contributed by atoms with Crippen molar-refractivity contribution in [2.75, 3.05) is 0 Å². The molecule has 0 amide bonds. The van der Waals surface area contributed by atoms with Gasteiger partial charge in [0.2, 0.25) is 0 Å². The highest BCUT2D eigenvalue weighted by atomic mass is 16.1. The fraction of sp³-hybridized carbons (Fsp3) is 0.688. The Bertz CT molecular complexity index is 467. The molecule has 1 aromatic rings. The number of nitrogens with zero attached hydrogens (tertiary/aromatic N) is 1. The molecule has 2 heteroatoms. The van der Waals surface area contributed by atoms with Gasteiger partial charge in [-0.25, -0.2) is 0 Å². The maximum Gasteiger partial charge on any atom is 0.164 e. The molecule has 0 N–H and O–H groups in total. The first-order valence-electron chi connectivity index (χ1n) is 7.54. The molecule has 3 aliphatic carbocycles. The molecule has 0 aliphatic heterocycles. The molecular weight excluding hydrogens is 222 g/mol. The number of Topliss-reactive ketones (excluding diaryl/α,β-unsaturated/α-hetero) is 1. The summed E-state index contributed by atoms with van der Waals surface area (Å²) in [6.45, 7) is 1.18. The molecule has 1 heterocycles. The Balaban J connectivity index is 1.58. The molecule has 0 bridgehead atoms. The summed E-state index contributed by atoms with van der Waals surface area (Å²) in [5.74, 6) is 3.26. The van der Waals surface area contributed by atoms with Gasteiger partial charge in [0, 0.05) is 30.4 Å². The predicted octanol–water partition coefficient (Wildman–Crippen LogP) is 3.44. The topological polar surface area (TPSA) is 22.0 Å². The molecule has 96 valence electrons. The lowest BCUT2D eigenvalue weighted by Gasteiger charge is -2.20. The summed E-state index contributed by atoms with van der Waals surface area (Å²) in [6, 6.07) is 2.06. The average molecular weight is 243 g/mol. The van der Waals surface area contributed by atoms with Gasteiger partial charge in [-0.2, -0.15) is 0 Å². The smallest absolute Gasteiger partial charge is 0.164 e. The van der Waals surface area contributed by atoms with Crippen molar-refractivity contribution < 1.29 is 4.79 Å². The lowest BCUT2D eigenvalue weighted by molar-refractivity contribution is 0.0971. The largest absolute Gasteiger partial charge is 0.350 e. The van der Waals surface area contributed by atoms with Crippen LogP contribution in [0.1, 0.15) is 54.6 Å². The summed E-state index contributed by atoms with van der Waals surface area (Å²) in [6.07, 6.45) is 10.9. The van der Waals surface area contributed by atoms with Crippen molar-refractivity contribution in [2.45, 2.75) is 51.5 Å². The molecule has 0 aromatic carbocycles. The van der Waals surface area contributed by atoms with Crippen molar-refractivity contribution in [3.05, 3.63) is 23.5 Å². The summed E-state index contributed by atoms with van der Waals surface area (Å²) >= 11 is 0. The number of fused-ring (bicyclic) bond motifs is 1. The molecule has 4 rings (SSSR count). The van der Waals surface area contributed by atoms with Crippen LogP contribution in [0.5, 0.6) is 0 Å². The first kappa shape index (κ1) is 10.8. The Morgan fingerprint density at radius 3 is 2.56 bits per heavy atom. The van der Waals surface area contributed by atoms with E-state index in [1.807, 2.05) is 0 Å². The van der Waals surface area contributed by atoms with Crippen LogP contribution in [0.4, 0.5) is 0 Å². The van der Waals surface area contributed by atoms with Gasteiger partial charge in [-0.1, -0.05) is 0 Å². The number of carbonyl (C=O) groups excluding carboxylic acids is 1. The molecule has 0 spiro atoms.